The minimum Gasteiger partial charge on any atom is -0.478 e. The van der Waals surface area contributed by atoms with Gasteiger partial charge in [-0.15, -0.1) is 0 Å². The number of hydrogen-bond acceptors (Lipinski definition) is 3. The molecule has 0 radical (unpaired) electrons. The van der Waals surface area contributed by atoms with Crippen LogP contribution in [0.4, 0.5) is 0 Å². The van der Waals surface area contributed by atoms with Gasteiger partial charge in [0.2, 0.25) is 0 Å². The first-order valence-electron chi connectivity index (χ1n) is 16.6. The number of allylic oxidation sites excluding steroid dienone is 1. The number of aliphatic hydroxyl groups is 1. The lowest BCUT2D eigenvalue weighted by Gasteiger charge is -2.73. The number of fused-ring (bicyclic) bond motifs is 7. The molecule has 1 aromatic rings. The summed E-state index contributed by atoms with van der Waals surface area (Å²) in [6, 6.07) is 6.53. The van der Waals surface area contributed by atoms with E-state index in [1.165, 1.54) is 43.7 Å². The SMILES string of the molecule is C=C(C)[C@@H]1CC[C@]2(CO)CC[C@]3(C)[C@H](CC[C@@H]4[C@@]5(C)CCN(C(=O)c6cccc(C(=O)O)c6)C(C)(C)C5CC[C@]43C)[C@@H]12. The van der Waals surface area contributed by atoms with E-state index in [1.807, 2.05) is 0 Å². The van der Waals surface area contributed by atoms with Crippen molar-refractivity contribution in [2.45, 2.75) is 105 Å². The fourth-order valence-electron chi connectivity index (χ4n) is 12.6. The average Bonchev–Trinajstić information content (AvgIpc) is 3.33. The van der Waals surface area contributed by atoms with Gasteiger partial charge in [-0.3, -0.25) is 4.79 Å². The molecule has 0 aromatic heterocycles. The van der Waals surface area contributed by atoms with Crippen molar-refractivity contribution in [1.29, 1.82) is 0 Å². The number of amides is 1. The Balaban J connectivity index is 1.32. The molecule has 6 rings (SSSR count). The molecule has 1 amide bonds. The molecule has 1 unspecified atom stereocenters. The number of aromatic carboxylic acids is 1. The highest BCUT2D eigenvalue weighted by Crippen LogP contribution is 2.76. The second-order valence-electron chi connectivity index (χ2n) is 16.5. The molecule has 4 aliphatic carbocycles. The molecule has 5 fully saturated rings. The number of benzene rings is 1. The Kier molecular flexibility index (Phi) is 6.89. The summed E-state index contributed by atoms with van der Waals surface area (Å²) in [6.45, 7) is 20.0. The predicted molar refractivity (Wildman–Crippen MR) is 166 cm³/mol. The molecule has 0 spiro atoms. The van der Waals surface area contributed by atoms with Gasteiger partial charge < -0.3 is 15.1 Å². The third kappa shape index (κ3) is 3.83. The van der Waals surface area contributed by atoms with Crippen molar-refractivity contribution in [2.75, 3.05) is 13.2 Å². The molecule has 5 nitrogen and oxygen atoms in total. The van der Waals surface area contributed by atoms with Crippen molar-refractivity contribution in [3.63, 3.8) is 0 Å². The van der Waals surface area contributed by atoms with Crippen LogP contribution >= 0.6 is 0 Å². The molecule has 5 aliphatic rings. The standard InChI is InChI=1S/C37H53NO4/c1-23(2)26-13-16-37(22-39)18-17-35(6)27(30(26)37)11-12-29-34(5)19-20-38(33(3,4)28(34)14-15-36(29,35)7)31(40)24-9-8-10-25(21-24)32(41)42/h8-10,21,26-30,39H,1,11-20,22H2,2-7H3,(H,41,42)/t26-,27+,28?,29+,30+,34-,35+,36+,37+/m0/s1. The molecular formula is C37H53NO4. The summed E-state index contributed by atoms with van der Waals surface area (Å²) in [6.07, 6.45) is 10.4. The Morgan fingerprint density at radius 3 is 2.29 bits per heavy atom. The molecule has 2 N–H and O–H groups in total. The zero-order valence-electron chi connectivity index (χ0n) is 26.8. The lowest BCUT2D eigenvalue weighted by atomic mass is 9.33. The van der Waals surface area contributed by atoms with Crippen LogP contribution in [0.25, 0.3) is 0 Å². The Morgan fingerprint density at radius 1 is 0.905 bits per heavy atom. The lowest BCUT2D eigenvalue weighted by Crippen LogP contribution is -2.70. The van der Waals surface area contributed by atoms with Crippen molar-refractivity contribution in [1.82, 2.24) is 4.90 Å². The molecular weight excluding hydrogens is 522 g/mol. The number of nitrogens with zero attached hydrogens (tertiary/aromatic N) is 1. The number of carbonyl (C=O) groups excluding carboxylic acids is 1. The molecule has 1 aliphatic heterocycles. The van der Waals surface area contributed by atoms with E-state index in [9.17, 15) is 19.8 Å². The Morgan fingerprint density at radius 2 is 1.62 bits per heavy atom. The molecule has 1 heterocycles. The lowest BCUT2D eigenvalue weighted by molar-refractivity contribution is -0.240. The van der Waals surface area contributed by atoms with Crippen molar-refractivity contribution < 1.29 is 19.8 Å². The van der Waals surface area contributed by atoms with Gasteiger partial charge >= 0.3 is 5.97 Å². The summed E-state index contributed by atoms with van der Waals surface area (Å²) >= 11 is 0. The van der Waals surface area contributed by atoms with E-state index in [-0.39, 0.29) is 38.7 Å². The van der Waals surface area contributed by atoms with Crippen LogP contribution in [0.1, 0.15) is 120 Å². The summed E-state index contributed by atoms with van der Waals surface area (Å²) in [7, 11) is 0. The highest BCUT2D eigenvalue weighted by Gasteiger charge is 2.70. The molecule has 4 saturated carbocycles. The second kappa shape index (κ2) is 9.68. The van der Waals surface area contributed by atoms with Gasteiger partial charge in [0.05, 0.1) is 5.56 Å². The molecule has 230 valence electrons. The Bertz CT molecular complexity index is 1300. The highest BCUT2D eigenvalue weighted by molar-refractivity contribution is 5.98. The average molecular weight is 576 g/mol. The maximum absolute atomic E-state index is 13.9. The quantitative estimate of drug-likeness (QED) is 0.359. The first kappa shape index (κ1) is 29.9. The van der Waals surface area contributed by atoms with E-state index in [0.717, 1.165) is 25.7 Å². The first-order chi connectivity index (χ1) is 19.7. The van der Waals surface area contributed by atoms with Crippen molar-refractivity contribution >= 4 is 11.9 Å². The number of hydrogen-bond donors (Lipinski definition) is 2. The number of carboxylic acid groups (broad SMARTS) is 1. The van der Waals surface area contributed by atoms with Gasteiger partial charge in [0.25, 0.3) is 5.91 Å². The smallest absolute Gasteiger partial charge is 0.335 e. The minimum absolute atomic E-state index is 0.0474. The summed E-state index contributed by atoms with van der Waals surface area (Å²) < 4.78 is 0. The van der Waals surface area contributed by atoms with Crippen molar-refractivity contribution in [2.24, 2.45) is 51.2 Å². The van der Waals surface area contributed by atoms with Crippen LogP contribution in [0, 0.1) is 51.2 Å². The monoisotopic (exact) mass is 575 g/mol. The molecule has 42 heavy (non-hydrogen) atoms. The van der Waals surface area contributed by atoms with E-state index < -0.39 is 5.97 Å². The fourth-order valence-corrected chi connectivity index (χ4v) is 12.6. The van der Waals surface area contributed by atoms with Gasteiger partial charge in [-0.05, 0) is 148 Å². The number of carboxylic acids is 1. The summed E-state index contributed by atoms with van der Waals surface area (Å²) in [5.41, 5.74) is 2.30. The third-order valence-corrected chi connectivity index (χ3v) is 14.8. The number of piperidine rings is 1. The van der Waals surface area contributed by atoms with Gasteiger partial charge in [0.15, 0.2) is 0 Å². The second-order valence-corrected chi connectivity index (χ2v) is 16.5. The molecule has 1 saturated heterocycles. The van der Waals surface area contributed by atoms with Crippen LogP contribution in [0.2, 0.25) is 0 Å². The van der Waals surface area contributed by atoms with Crippen LogP contribution in [0.5, 0.6) is 0 Å². The van der Waals surface area contributed by atoms with Crippen LogP contribution in [-0.4, -0.2) is 45.7 Å². The van der Waals surface area contributed by atoms with Crippen molar-refractivity contribution in [3.8, 4) is 0 Å². The van der Waals surface area contributed by atoms with E-state index in [0.29, 0.717) is 48.3 Å². The van der Waals surface area contributed by atoms with E-state index in [1.54, 1.807) is 18.2 Å². The van der Waals surface area contributed by atoms with E-state index in [2.05, 4.69) is 53.0 Å². The number of aliphatic hydroxyl groups excluding tert-OH is 1. The van der Waals surface area contributed by atoms with E-state index in [4.69, 9.17) is 0 Å². The molecule has 5 heteroatoms. The molecule has 1 aromatic carbocycles. The maximum Gasteiger partial charge on any atom is 0.335 e. The van der Waals surface area contributed by atoms with Crippen LogP contribution in [0.3, 0.4) is 0 Å². The molecule has 0 bridgehead atoms. The van der Waals surface area contributed by atoms with Gasteiger partial charge in [-0.1, -0.05) is 39.0 Å². The topological polar surface area (TPSA) is 77.8 Å². The van der Waals surface area contributed by atoms with Crippen LogP contribution in [0.15, 0.2) is 36.4 Å². The van der Waals surface area contributed by atoms with Gasteiger partial charge in [-0.2, -0.15) is 0 Å². The number of carbonyl (C=O) groups is 2. The largest absolute Gasteiger partial charge is 0.478 e. The zero-order chi connectivity index (χ0) is 30.5. The van der Waals surface area contributed by atoms with Gasteiger partial charge in [0.1, 0.15) is 0 Å². The third-order valence-electron chi connectivity index (χ3n) is 14.8. The predicted octanol–water partition coefficient (Wildman–Crippen LogP) is 7.84. The summed E-state index contributed by atoms with van der Waals surface area (Å²) in [5.74, 6) is 1.63. The van der Waals surface area contributed by atoms with Crippen LogP contribution < -0.4 is 0 Å². The summed E-state index contributed by atoms with van der Waals surface area (Å²) in [5, 5.41) is 20.3. The van der Waals surface area contributed by atoms with Crippen molar-refractivity contribution in [3.05, 3.63) is 47.5 Å². The van der Waals surface area contributed by atoms with Gasteiger partial charge in [0, 0.05) is 24.3 Å². The van der Waals surface area contributed by atoms with Gasteiger partial charge in [-0.25, -0.2) is 4.79 Å². The minimum atomic E-state index is -1.00. The highest BCUT2D eigenvalue weighted by atomic mass is 16.4. The summed E-state index contributed by atoms with van der Waals surface area (Å²) in [4.78, 5) is 27.6. The molecule has 9 atom stereocenters. The first-order valence-corrected chi connectivity index (χ1v) is 16.6. The van der Waals surface area contributed by atoms with Crippen LogP contribution in [-0.2, 0) is 0 Å². The fraction of sp³-hybridized carbons (Fsp3) is 0.730. The Hall–Kier alpha value is -2.14. The van der Waals surface area contributed by atoms with E-state index >= 15 is 0 Å². The number of likely N-dealkylation sites (tertiary alicyclic amines) is 1. The normalized spacial score (nSPS) is 43.9. The Labute approximate surface area is 253 Å². The maximum atomic E-state index is 13.9. The number of rotatable bonds is 4. The zero-order valence-corrected chi connectivity index (χ0v) is 26.8.